The van der Waals surface area contributed by atoms with Crippen molar-refractivity contribution in [2.24, 2.45) is 53.3 Å². The molecule has 2 bridgehead atoms. The summed E-state index contributed by atoms with van der Waals surface area (Å²) in [5.74, 6) is -6.11. The van der Waals surface area contributed by atoms with Crippen molar-refractivity contribution in [1.82, 2.24) is 4.90 Å². The Morgan fingerprint density at radius 1 is 0.795 bits per heavy atom. The number of ether oxygens (including phenoxy) is 4. The Labute approximate surface area is 436 Å². The second-order valence-corrected chi connectivity index (χ2v) is 23.2. The average Bonchev–Trinajstić information content (AvgIpc) is 3.81. The Kier molecular flexibility index (Phi) is 21.3. The Morgan fingerprint density at radius 2 is 1.53 bits per heavy atom. The van der Waals surface area contributed by atoms with Crippen LogP contribution in [0.4, 0.5) is 0 Å². The molecule has 6 rings (SSSR count). The highest BCUT2D eigenvalue weighted by Gasteiger charge is 2.53. The van der Waals surface area contributed by atoms with Crippen molar-refractivity contribution < 1.29 is 58.9 Å². The summed E-state index contributed by atoms with van der Waals surface area (Å²) in [6.45, 7) is 15.7. The van der Waals surface area contributed by atoms with Crippen LogP contribution >= 0.6 is 0 Å². The third kappa shape index (κ3) is 14.3. The maximum Gasteiger partial charge on any atom is 0.329 e. The predicted octanol–water partition coefficient (Wildman–Crippen LogP) is 8.44. The fraction of sp³-hybridized carbons (Fsp3) is 0.717. The molecular weight excluding hydrogens is 927 g/mol. The topological polar surface area (TPSA) is 193 Å². The van der Waals surface area contributed by atoms with Crippen molar-refractivity contribution in [1.29, 1.82) is 0 Å². The van der Waals surface area contributed by atoms with E-state index < -0.39 is 84.1 Å². The number of ketones is 1. The van der Waals surface area contributed by atoms with Gasteiger partial charge in [0.15, 0.2) is 0 Å². The van der Waals surface area contributed by atoms with E-state index in [0.29, 0.717) is 69.3 Å². The molecule has 3 aliphatic carbocycles. The number of amides is 1. The summed E-state index contributed by atoms with van der Waals surface area (Å²) in [6, 6.07) is -1.10. The number of Topliss-reactive ketones (excluding diaryl/α,β-unsaturated/α-hetero) is 1. The molecule has 0 spiro atoms. The van der Waals surface area contributed by atoms with Crippen molar-refractivity contribution in [2.75, 3.05) is 20.8 Å². The van der Waals surface area contributed by atoms with Crippen LogP contribution in [0, 0.1) is 53.3 Å². The normalized spacial score (nSPS) is 43.0. The average molecular weight is 1020 g/mol. The van der Waals surface area contributed by atoms with Crippen molar-refractivity contribution in [3.8, 4) is 0 Å². The van der Waals surface area contributed by atoms with Gasteiger partial charge in [0.05, 0.1) is 30.5 Å². The highest BCUT2D eigenvalue weighted by Crippen LogP contribution is 2.47. The predicted molar refractivity (Wildman–Crippen MR) is 282 cm³/mol. The van der Waals surface area contributed by atoms with E-state index in [1.165, 1.54) is 23.2 Å². The van der Waals surface area contributed by atoms with Gasteiger partial charge in [-0.05, 0) is 133 Å². The summed E-state index contributed by atoms with van der Waals surface area (Å²) in [4.78, 5) is 45.1. The number of nitrogens with zero attached hydrogens (tertiary/aromatic N) is 1. The fourth-order valence-electron chi connectivity index (χ4n) is 12.9. The Hall–Kier alpha value is -3.53. The molecular formula is C60H91NO12. The minimum absolute atomic E-state index is 0.0393. The number of fused-ring (bicyclic) bond motifs is 4. The van der Waals surface area contributed by atoms with E-state index in [0.717, 1.165) is 18.4 Å². The molecule has 6 aliphatic rings. The van der Waals surface area contributed by atoms with Gasteiger partial charge in [0.1, 0.15) is 24.4 Å². The molecule has 3 fully saturated rings. The van der Waals surface area contributed by atoms with Gasteiger partial charge >= 0.3 is 5.97 Å². The zero-order valence-corrected chi connectivity index (χ0v) is 45.6. The number of carbonyl (C=O) groups is 3. The molecule has 0 radical (unpaired) electrons. The van der Waals surface area contributed by atoms with Crippen LogP contribution in [-0.4, -0.2) is 130 Å². The number of hydrogen-bond acceptors (Lipinski definition) is 12. The summed E-state index contributed by atoms with van der Waals surface area (Å²) < 4.78 is 24.3. The van der Waals surface area contributed by atoms with Crippen molar-refractivity contribution in [3.63, 3.8) is 0 Å². The first-order valence-electron chi connectivity index (χ1n) is 27.7. The van der Waals surface area contributed by atoms with Crippen molar-refractivity contribution in [2.45, 2.75) is 200 Å². The van der Waals surface area contributed by atoms with Crippen LogP contribution < -0.4 is 0 Å². The van der Waals surface area contributed by atoms with E-state index in [1.54, 1.807) is 27.0 Å². The van der Waals surface area contributed by atoms with E-state index in [-0.39, 0.29) is 61.0 Å². The van der Waals surface area contributed by atoms with Crippen molar-refractivity contribution in [3.05, 3.63) is 83.1 Å². The lowest BCUT2D eigenvalue weighted by Crippen LogP contribution is -2.60. The third-order valence-corrected chi connectivity index (χ3v) is 17.7. The number of piperidine rings is 1. The number of methoxy groups -OCH3 is 2. The highest BCUT2D eigenvalue weighted by atomic mass is 16.6. The molecule has 3 unspecified atom stereocenters. The van der Waals surface area contributed by atoms with Gasteiger partial charge in [-0.1, -0.05) is 112 Å². The molecule has 13 nitrogen and oxygen atoms in total. The molecule has 19 atom stereocenters. The number of allylic oxidation sites excluding steroid dienone is 12. The number of esters is 1. The van der Waals surface area contributed by atoms with Crippen LogP contribution in [0.15, 0.2) is 83.1 Å². The van der Waals surface area contributed by atoms with Gasteiger partial charge in [-0.3, -0.25) is 9.59 Å². The molecule has 3 aliphatic heterocycles. The smallest absolute Gasteiger partial charge is 0.329 e. The van der Waals surface area contributed by atoms with Gasteiger partial charge in [0.25, 0.3) is 11.7 Å². The van der Waals surface area contributed by atoms with Crippen LogP contribution in [0.25, 0.3) is 0 Å². The van der Waals surface area contributed by atoms with Gasteiger partial charge in [-0.15, -0.1) is 0 Å². The second kappa shape index (κ2) is 26.5. The molecule has 13 heteroatoms. The molecule has 2 saturated heterocycles. The van der Waals surface area contributed by atoms with Crippen LogP contribution in [0.5, 0.6) is 0 Å². The maximum absolute atomic E-state index is 14.6. The Balaban J connectivity index is 1.33. The van der Waals surface area contributed by atoms with Gasteiger partial charge in [-0.2, -0.15) is 0 Å². The van der Waals surface area contributed by atoms with E-state index in [2.05, 4.69) is 57.2 Å². The minimum atomic E-state index is -2.41. The first kappa shape index (κ1) is 58.7. The third-order valence-electron chi connectivity index (χ3n) is 17.7. The minimum Gasteiger partial charge on any atom is -0.460 e. The summed E-state index contributed by atoms with van der Waals surface area (Å²) in [6.07, 6.45) is 21.7. The number of aliphatic hydroxyl groups is 5. The zero-order chi connectivity index (χ0) is 53.3. The van der Waals surface area contributed by atoms with E-state index in [9.17, 15) is 39.9 Å². The Bertz CT molecular complexity index is 2110. The van der Waals surface area contributed by atoms with E-state index >= 15 is 0 Å². The molecule has 0 aromatic heterocycles. The zero-order valence-electron chi connectivity index (χ0n) is 45.6. The number of rotatable bonds is 6. The number of aliphatic hydroxyl groups excluding tert-OH is 4. The molecule has 0 aromatic rings. The van der Waals surface area contributed by atoms with Crippen LogP contribution in [0.2, 0.25) is 0 Å². The van der Waals surface area contributed by atoms with E-state index in [1.807, 2.05) is 39.0 Å². The number of cyclic esters (lactones) is 1. The molecule has 1 amide bonds. The van der Waals surface area contributed by atoms with Crippen LogP contribution in [0.1, 0.15) is 139 Å². The lowest BCUT2D eigenvalue weighted by Gasteiger charge is -2.43. The van der Waals surface area contributed by atoms with E-state index in [4.69, 9.17) is 18.9 Å². The molecule has 0 aromatic carbocycles. The largest absolute Gasteiger partial charge is 0.460 e. The van der Waals surface area contributed by atoms with Crippen LogP contribution in [-0.2, 0) is 33.3 Å². The molecule has 5 N–H and O–H groups in total. The first-order valence-corrected chi connectivity index (χ1v) is 27.7. The van der Waals surface area contributed by atoms with Crippen LogP contribution in [0.3, 0.4) is 0 Å². The van der Waals surface area contributed by atoms with Gasteiger partial charge in [0.2, 0.25) is 5.79 Å². The molecule has 73 heavy (non-hydrogen) atoms. The standard InChI is InChI=1S/C60H91NO12/c1-35-17-12-11-13-18-37(3)48(47-26-25-45-36(2)19-16-20-46(45)47)33-44-24-22-42(8)60(69,73-44)57(66)58(67)61-28-15-14-21-49(61)59(68)72-52(39(5)31-43-23-27-50(62)53(32-43)70-9)34-51(63)38(4)30-41(7)55(65)56(71-10)54(64)40(6)29-35/h11-13,16-20,26,30,35,38-40,42-46,48-56,62-65,69H,14-15,21-25,27-29,31-34H2,1-10H3/b13-11+,17-12+,37-18+,41-30+/t35-,38-,39-,40-,42-,43+,44?,45?,46?,48+,49+,50-,51+,52+,53-,54+,55-,56+,60-/m1/s1. The van der Waals surface area contributed by atoms with Gasteiger partial charge < -0.3 is 49.4 Å². The number of carbonyl (C=O) groups excluding carboxylic acids is 3. The second-order valence-electron chi connectivity index (χ2n) is 23.2. The van der Waals surface area contributed by atoms with Gasteiger partial charge in [-0.25, -0.2) is 4.79 Å². The highest BCUT2D eigenvalue weighted by molar-refractivity contribution is 6.39. The maximum atomic E-state index is 14.6. The van der Waals surface area contributed by atoms with Crippen molar-refractivity contribution >= 4 is 17.7 Å². The Morgan fingerprint density at radius 3 is 2.26 bits per heavy atom. The lowest BCUT2D eigenvalue weighted by molar-refractivity contribution is -0.264. The summed E-state index contributed by atoms with van der Waals surface area (Å²) in [7, 11) is 3.06. The molecule has 408 valence electrons. The quantitative estimate of drug-likeness (QED) is 0.0971. The SMILES string of the molecule is CO[C@H]1[C@@H](O)[C@H](C)C[C@H](C)/C=C/C=C/C=C(\C)[C@@H](C2=CCC3C(C)=CC=CC23)CC2CC[C@@H](C)[C@@](O)(O2)C(=O)C(=O)N2CCCC[C@H]2C(=O)O[C@H]([C@H](C)C[C@@H]2CC[C@@H](O)[C@H](OC)C2)C[C@H](O)[C@H](C)/C=C(\C)[C@H]1O. The summed E-state index contributed by atoms with van der Waals surface area (Å²) in [5.41, 5.74) is 4.23. The monoisotopic (exact) mass is 1020 g/mol. The molecule has 1 saturated carbocycles. The lowest BCUT2D eigenvalue weighted by atomic mass is 9.74. The summed E-state index contributed by atoms with van der Waals surface area (Å²) >= 11 is 0. The van der Waals surface area contributed by atoms with Gasteiger partial charge in [0, 0.05) is 50.9 Å². The number of hydrogen-bond donors (Lipinski definition) is 5. The first-order chi connectivity index (χ1) is 34.7. The fourth-order valence-corrected chi connectivity index (χ4v) is 12.9. The molecule has 3 heterocycles. The summed E-state index contributed by atoms with van der Waals surface area (Å²) in [5, 5.41) is 58.1.